The number of nitriles is 1. The first-order valence-corrected chi connectivity index (χ1v) is 9.73. The Morgan fingerprint density at radius 3 is 2.74 bits per heavy atom. The van der Waals surface area contributed by atoms with E-state index >= 15 is 0 Å². The third-order valence-corrected chi connectivity index (χ3v) is 5.55. The van der Waals surface area contributed by atoms with Crippen molar-refractivity contribution in [3.63, 3.8) is 0 Å². The predicted octanol–water partition coefficient (Wildman–Crippen LogP) is 2.52. The van der Waals surface area contributed by atoms with E-state index in [1.165, 1.54) is 12.8 Å². The molecular formula is C19H23N7S. The van der Waals surface area contributed by atoms with Crippen LogP contribution in [0, 0.1) is 16.1 Å². The summed E-state index contributed by atoms with van der Waals surface area (Å²) in [5.41, 5.74) is 0.630. The molecule has 1 saturated heterocycles. The number of hydrogen-bond donors (Lipinski definition) is 0. The fourth-order valence-corrected chi connectivity index (χ4v) is 3.79. The molecule has 1 aliphatic heterocycles. The number of pyridine rings is 1. The van der Waals surface area contributed by atoms with Crippen LogP contribution in [0.5, 0.6) is 0 Å². The molecule has 1 saturated carbocycles. The number of piperazine rings is 1. The molecule has 3 heterocycles. The quantitative estimate of drug-likeness (QED) is 0.566. The van der Waals surface area contributed by atoms with Crippen molar-refractivity contribution in [3.8, 4) is 6.07 Å². The van der Waals surface area contributed by atoms with Crippen molar-refractivity contribution >= 4 is 18.0 Å². The summed E-state index contributed by atoms with van der Waals surface area (Å²) in [4.78, 5) is 8.93. The van der Waals surface area contributed by atoms with Crippen molar-refractivity contribution < 1.29 is 0 Å². The molecule has 0 atom stereocenters. The average Bonchev–Trinajstić information content (AvgIpc) is 3.50. The zero-order valence-electron chi connectivity index (χ0n) is 15.3. The van der Waals surface area contributed by atoms with Crippen LogP contribution in [-0.4, -0.2) is 50.4 Å². The zero-order chi connectivity index (χ0) is 18.8. The Kier molecular flexibility index (Phi) is 5.05. The minimum Gasteiger partial charge on any atom is -0.353 e. The van der Waals surface area contributed by atoms with Crippen molar-refractivity contribution in [2.45, 2.75) is 32.0 Å². The molecule has 0 spiro atoms. The Labute approximate surface area is 164 Å². The van der Waals surface area contributed by atoms with E-state index in [9.17, 15) is 5.26 Å². The molecule has 27 heavy (non-hydrogen) atoms. The minimum atomic E-state index is 0.554. The maximum absolute atomic E-state index is 9.29. The lowest BCUT2D eigenvalue weighted by molar-refractivity contribution is 0.193. The highest BCUT2D eigenvalue weighted by Gasteiger charge is 2.30. The van der Waals surface area contributed by atoms with E-state index < -0.39 is 0 Å². The van der Waals surface area contributed by atoms with Crippen LogP contribution in [-0.2, 0) is 13.2 Å². The van der Waals surface area contributed by atoms with Gasteiger partial charge in [-0.25, -0.2) is 9.67 Å². The Balaban J connectivity index is 1.44. The molecule has 0 radical (unpaired) electrons. The summed E-state index contributed by atoms with van der Waals surface area (Å²) in [5.74, 6) is 2.44. The van der Waals surface area contributed by atoms with Crippen molar-refractivity contribution in [1.82, 2.24) is 24.2 Å². The zero-order valence-corrected chi connectivity index (χ0v) is 16.1. The summed E-state index contributed by atoms with van der Waals surface area (Å²) in [7, 11) is 0. The van der Waals surface area contributed by atoms with E-state index in [-0.39, 0.29) is 0 Å². The van der Waals surface area contributed by atoms with E-state index in [1.54, 1.807) is 12.3 Å². The van der Waals surface area contributed by atoms with Crippen LogP contribution in [0.3, 0.4) is 0 Å². The van der Waals surface area contributed by atoms with E-state index in [2.05, 4.69) is 32.0 Å². The fraction of sp³-hybridized carbons (Fsp3) is 0.474. The first-order valence-electron chi connectivity index (χ1n) is 9.32. The van der Waals surface area contributed by atoms with Crippen molar-refractivity contribution in [2.24, 2.45) is 0 Å². The van der Waals surface area contributed by atoms with Gasteiger partial charge in [0.25, 0.3) is 0 Å². The first kappa shape index (κ1) is 17.9. The largest absolute Gasteiger partial charge is 0.353 e. The van der Waals surface area contributed by atoms with Crippen LogP contribution < -0.4 is 4.90 Å². The monoisotopic (exact) mass is 381 g/mol. The van der Waals surface area contributed by atoms with Gasteiger partial charge in [0.15, 0.2) is 4.77 Å². The molecule has 0 bridgehead atoms. The summed E-state index contributed by atoms with van der Waals surface area (Å²) in [6, 6.07) is 5.85. The van der Waals surface area contributed by atoms with Crippen molar-refractivity contribution in [3.05, 3.63) is 47.1 Å². The number of anilines is 1. The van der Waals surface area contributed by atoms with Crippen LogP contribution in [0.4, 0.5) is 5.82 Å². The van der Waals surface area contributed by atoms with Crippen molar-refractivity contribution in [2.75, 3.05) is 31.1 Å². The third kappa shape index (κ3) is 3.66. The SMILES string of the molecule is C=CCn1c(C2CC2)nn(CN2CCN(c3ncccc3C#N)CC2)c1=S. The second-order valence-corrected chi connectivity index (χ2v) is 7.41. The molecule has 2 aromatic heterocycles. The van der Waals surface area contributed by atoms with Crippen LogP contribution >= 0.6 is 12.2 Å². The van der Waals surface area contributed by atoms with Gasteiger partial charge in [-0.2, -0.15) is 10.4 Å². The van der Waals surface area contributed by atoms with Crippen molar-refractivity contribution in [1.29, 1.82) is 5.26 Å². The molecule has 0 N–H and O–H groups in total. The highest BCUT2D eigenvalue weighted by atomic mass is 32.1. The van der Waals surface area contributed by atoms with Gasteiger partial charge in [0, 0.05) is 44.8 Å². The van der Waals surface area contributed by atoms with Gasteiger partial charge in [-0.1, -0.05) is 6.08 Å². The summed E-state index contributed by atoms with van der Waals surface area (Å²) in [5, 5.41) is 14.1. The summed E-state index contributed by atoms with van der Waals surface area (Å²) >= 11 is 5.66. The van der Waals surface area contributed by atoms with Crippen LogP contribution in [0.25, 0.3) is 0 Å². The van der Waals surface area contributed by atoms with Gasteiger partial charge in [-0.05, 0) is 37.2 Å². The van der Waals surface area contributed by atoms with Gasteiger partial charge in [-0.3, -0.25) is 9.47 Å². The normalized spacial score (nSPS) is 17.7. The lowest BCUT2D eigenvalue weighted by atomic mass is 10.2. The second-order valence-electron chi connectivity index (χ2n) is 7.05. The lowest BCUT2D eigenvalue weighted by Gasteiger charge is -2.35. The number of nitrogens with zero attached hydrogens (tertiary/aromatic N) is 7. The van der Waals surface area contributed by atoms with Gasteiger partial charge < -0.3 is 4.90 Å². The number of hydrogen-bond acceptors (Lipinski definition) is 6. The van der Waals surface area contributed by atoms with E-state index in [1.807, 2.05) is 16.8 Å². The molecule has 0 amide bonds. The Morgan fingerprint density at radius 1 is 1.30 bits per heavy atom. The predicted molar refractivity (Wildman–Crippen MR) is 106 cm³/mol. The Bertz CT molecular complexity index is 926. The van der Waals surface area contributed by atoms with Gasteiger partial charge in [0.05, 0.1) is 12.2 Å². The maximum atomic E-state index is 9.29. The number of aromatic nitrogens is 4. The number of rotatable bonds is 6. The molecule has 140 valence electrons. The highest BCUT2D eigenvalue weighted by molar-refractivity contribution is 7.71. The van der Waals surface area contributed by atoms with Gasteiger partial charge >= 0.3 is 0 Å². The summed E-state index contributed by atoms with van der Waals surface area (Å²) in [6.07, 6.45) is 6.03. The molecule has 2 aliphatic rings. The molecule has 4 rings (SSSR count). The third-order valence-electron chi connectivity index (χ3n) is 5.12. The summed E-state index contributed by atoms with van der Waals surface area (Å²) in [6.45, 7) is 8.70. The van der Waals surface area contributed by atoms with E-state index in [0.717, 1.165) is 49.1 Å². The fourth-order valence-electron chi connectivity index (χ4n) is 3.52. The Hall–Kier alpha value is -2.50. The molecule has 8 heteroatoms. The van der Waals surface area contributed by atoms with Crippen LogP contribution in [0.2, 0.25) is 0 Å². The minimum absolute atomic E-state index is 0.554. The summed E-state index contributed by atoms with van der Waals surface area (Å²) < 4.78 is 4.84. The maximum Gasteiger partial charge on any atom is 0.199 e. The van der Waals surface area contributed by atoms with Crippen LogP contribution in [0.15, 0.2) is 31.0 Å². The van der Waals surface area contributed by atoms with E-state index in [0.29, 0.717) is 18.2 Å². The first-order chi connectivity index (χ1) is 13.2. The molecule has 2 aromatic rings. The molecule has 1 aliphatic carbocycles. The van der Waals surface area contributed by atoms with Gasteiger partial charge in [0.2, 0.25) is 0 Å². The highest BCUT2D eigenvalue weighted by Crippen LogP contribution is 2.39. The van der Waals surface area contributed by atoms with Gasteiger partial charge in [0.1, 0.15) is 17.7 Å². The molecule has 7 nitrogen and oxygen atoms in total. The lowest BCUT2D eigenvalue weighted by Crippen LogP contribution is -2.47. The molecule has 2 fully saturated rings. The second kappa shape index (κ2) is 7.62. The smallest absolute Gasteiger partial charge is 0.199 e. The molecule has 0 unspecified atom stereocenters. The molecular weight excluding hydrogens is 358 g/mol. The van der Waals surface area contributed by atoms with E-state index in [4.69, 9.17) is 17.3 Å². The standard InChI is InChI=1S/C19H23N7S/c1-2-8-25-18(15-5-6-15)22-26(19(25)27)14-23-9-11-24(12-10-23)17-16(13-20)4-3-7-21-17/h2-4,7,15H,1,5-6,8-12,14H2. The van der Waals surface area contributed by atoms with Crippen LogP contribution in [0.1, 0.15) is 30.1 Å². The van der Waals surface area contributed by atoms with Gasteiger partial charge in [-0.15, -0.1) is 6.58 Å². The number of allylic oxidation sites excluding steroid dienone is 1. The topological polar surface area (TPSA) is 65.9 Å². The molecule has 0 aromatic carbocycles. The average molecular weight is 382 g/mol. The Morgan fingerprint density at radius 2 is 2.07 bits per heavy atom.